The van der Waals surface area contributed by atoms with Crippen molar-refractivity contribution < 1.29 is 29.0 Å². The molecule has 7 nitrogen and oxygen atoms in total. The summed E-state index contributed by atoms with van der Waals surface area (Å²) in [6.45, 7) is 0. The third kappa shape index (κ3) is 4.95. The zero-order valence-electron chi connectivity index (χ0n) is 14.7. The van der Waals surface area contributed by atoms with E-state index >= 15 is 0 Å². The van der Waals surface area contributed by atoms with E-state index < -0.39 is 23.9 Å². The van der Waals surface area contributed by atoms with E-state index in [0.717, 1.165) is 26.7 Å². The molecule has 2 aromatic rings. The highest BCUT2D eigenvalue weighted by Gasteiger charge is 2.40. The summed E-state index contributed by atoms with van der Waals surface area (Å²) in [6.07, 6.45) is 0.873. The third-order valence-electron chi connectivity index (χ3n) is 4.08. The van der Waals surface area contributed by atoms with Gasteiger partial charge in [-0.25, -0.2) is 4.79 Å². The molecule has 1 aromatic heterocycles. The second-order valence-electron chi connectivity index (χ2n) is 6.05. The summed E-state index contributed by atoms with van der Waals surface area (Å²) in [7, 11) is 0. The standard InChI is InChI=1S/C19H14BrNO6S2/c20-11-3-1-10(2-4-11)14-7-5-12(27-14)9-15-17(24)21(19(28)29-15)13(18(25)26)6-8-16(22)23/h1-5,7,9,13H,6,8H2,(H,22,23)(H,25,26)/b15-9+/t13-/m0/s1. The maximum absolute atomic E-state index is 12.7. The Kier molecular flexibility index (Phi) is 6.56. The van der Waals surface area contributed by atoms with E-state index in [0.29, 0.717) is 11.5 Å². The SMILES string of the molecule is O=C(O)CC[C@@H](C(=O)O)N1C(=O)/C(=C\c2ccc(-c3ccc(Br)cc3)o2)SC1=S. The average molecular weight is 496 g/mol. The van der Waals surface area contributed by atoms with Gasteiger partial charge in [0.2, 0.25) is 0 Å². The maximum atomic E-state index is 12.7. The molecule has 3 rings (SSSR count). The van der Waals surface area contributed by atoms with Crippen LogP contribution < -0.4 is 0 Å². The third-order valence-corrected chi connectivity index (χ3v) is 5.94. The van der Waals surface area contributed by atoms with Crippen LogP contribution in [-0.4, -0.2) is 43.3 Å². The largest absolute Gasteiger partial charge is 0.481 e. The molecule has 0 unspecified atom stereocenters. The number of carboxylic acids is 2. The number of furan rings is 1. The van der Waals surface area contributed by atoms with E-state index in [-0.39, 0.29) is 22.1 Å². The first kappa shape index (κ1) is 21.3. The molecule has 1 saturated heterocycles. The van der Waals surface area contributed by atoms with Crippen molar-refractivity contribution >= 4 is 68.2 Å². The van der Waals surface area contributed by atoms with E-state index in [1.807, 2.05) is 24.3 Å². The topological polar surface area (TPSA) is 108 Å². The molecule has 0 bridgehead atoms. The lowest BCUT2D eigenvalue weighted by atomic mass is 10.1. The molecule has 1 atom stereocenters. The van der Waals surface area contributed by atoms with E-state index in [1.165, 1.54) is 6.08 Å². The van der Waals surface area contributed by atoms with Gasteiger partial charge in [-0.05, 0) is 30.7 Å². The fourth-order valence-corrected chi connectivity index (χ4v) is 4.30. The first-order valence-corrected chi connectivity index (χ1v) is 10.4. The highest BCUT2D eigenvalue weighted by atomic mass is 79.9. The minimum Gasteiger partial charge on any atom is -0.481 e. The van der Waals surface area contributed by atoms with Gasteiger partial charge in [0.25, 0.3) is 5.91 Å². The lowest BCUT2D eigenvalue weighted by molar-refractivity contribution is -0.146. The van der Waals surface area contributed by atoms with Crippen LogP contribution in [0.5, 0.6) is 0 Å². The number of carbonyl (C=O) groups excluding carboxylic acids is 1. The molecule has 29 heavy (non-hydrogen) atoms. The number of thioether (sulfide) groups is 1. The van der Waals surface area contributed by atoms with Crippen LogP contribution in [0.1, 0.15) is 18.6 Å². The molecule has 150 valence electrons. The molecular weight excluding hydrogens is 482 g/mol. The lowest BCUT2D eigenvalue weighted by Crippen LogP contribution is -2.44. The molecule has 2 heterocycles. The van der Waals surface area contributed by atoms with E-state index in [2.05, 4.69) is 15.9 Å². The van der Waals surface area contributed by atoms with Gasteiger partial charge >= 0.3 is 11.9 Å². The maximum Gasteiger partial charge on any atom is 0.326 e. The number of thiocarbonyl (C=S) groups is 1. The van der Waals surface area contributed by atoms with Gasteiger partial charge in [0, 0.05) is 22.5 Å². The van der Waals surface area contributed by atoms with E-state index in [9.17, 15) is 19.5 Å². The summed E-state index contributed by atoms with van der Waals surface area (Å²) in [6, 6.07) is 9.65. The van der Waals surface area contributed by atoms with Crippen molar-refractivity contribution in [1.82, 2.24) is 4.90 Å². The number of amides is 1. The Morgan fingerprint density at radius 3 is 2.52 bits per heavy atom. The van der Waals surface area contributed by atoms with Crippen LogP contribution in [-0.2, 0) is 14.4 Å². The Hall–Kier alpha value is -2.43. The fourth-order valence-electron chi connectivity index (χ4n) is 2.70. The number of rotatable bonds is 7. The van der Waals surface area contributed by atoms with Crippen LogP contribution in [0.25, 0.3) is 17.4 Å². The van der Waals surface area contributed by atoms with Crippen molar-refractivity contribution in [1.29, 1.82) is 0 Å². The van der Waals surface area contributed by atoms with Gasteiger partial charge < -0.3 is 14.6 Å². The molecule has 0 radical (unpaired) electrons. The highest BCUT2D eigenvalue weighted by Crippen LogP contribution is 2.35. The van der Waals surface area contributed by atoms with Crippen molar-refractivity contribution in [2.45, 2.75) is 18.9 Å². The summed E-state index contributed by atoms with van der Waals surface area (Å²) in [5, 5.41) is 18.2. The summed E-state index contributed by atoms with van der Waals surface area (Å²) < 4.78 is 6.77. The normalized spacial score (nSPS) is 16.4. The smallest absolute Gasteiger partial charge is 0.326 e. The molecule has 1 amide bonds. The summed E-state index contributed by atoms with van der Waals surface area (Å²) in [4.78, 5) is 36.2. The van der Waals surface area contributed by atoms with Gasteiger partial charge in [-0.1, -0.05) is 52.0 Å². The van der Waals surface area contributed by atoms with Gasteiger partial charge in [-0.15, -0.1) is 0 Å². The fraction of sp³-hybridized carbons (Fsp3) is 0.158. The Bertz CT molecular complexity index is 1010. The van der Waals surface area contributed by atoms with Crippen molar-refractivity contribution in [2.75, 3.05) is 0 Å². The number of nitrogens with zero attached hydrogens (tertiary/aromatic N) is 1. The Morgan fingerprint density at radius 2 is 1.90 bits per heavy atom. The van der Waals surface area contributed by atoms with E-state index in [1.54, 1.807) is 12.1 Å². The van der Waals surface area contributed by atoms with Crippen LogP contribution in [0, 0.1) is 0 Å². The molecule has 2 N–H and O–H groups in total. The van der Waals surface area contributed by atoms with Crippen molar-refractivity contribution in [3.63, 3.8) is 0 Å². The van der Waals surface area contributed by atoms with E-state index in [4.69, 9.17) is 21.7 Å². The minimum atomic E-state index is -1.33. The van der Waals surface area contributed by atoms with Crippen molar-refractivity contribution in [2.24, 2.45) is 0 Å². The van der Waals surface area contributed by atoms with Crippen LogP contribution >= 0.6 is 39.9 Å². The average Bonchev–Trinajstić information content (AvgIpc) is 3.22. The van der Waals surface area contributed by atoms with Crippen LogP contribution in [0.3, 0.4) is 0 Å². The highest BCUT2D eigenvalue weighted by molar-refractivity contribution is 9.10. The summed E-state index contributed by atoms with van der Waals surface area (Å²) in [5.41, 5.74) is 0.861. The quantitative estimate of drug-likeness (QED) is 0.433. The molecule has 0 saturated carbocycles. The Morgan fingerprint density at radius 1 is 1.21 bits per heavy atom. The second-order valence-corrected chi connectivity index (χ2v) is 8.64. The van der Waals surface area contributed by atoms with Gasteiger partial charge in [0.1, 0.15) is 21.9 Å². The van der Waals surface area contributed by atoms with Gasteiger partial charge in [-0.3, -0.25) is 14.5 Å². The predicted octanol–water partition coefficient (Wildman–Crippen LogP) is 4.23. The molecular formula is C19H14BrNO6S2. The molecule has 1 aliphatic rings. The number of hydrogen-bond acceptors (Lipinski definition) is 6. The number of carbonyl (C=O) groups is 3. The lowest BCUT2D eigenvalue weighted by Gasteiger charge is -2.22. The predicted molar refractivity (Wildman–Crippen MR) is 115 cm³/mol. The van der Waals surface area contributed by atoms with Crippen LogP contribution in [0.2, 0.25) is 0 Å². The first-order chi connectivity index (χ1) is 13.8. The molecule has 0 spiro atoms. The number of aliphatic carboxylic acids is 2. The zero-order valence-corrected chi connectivity index (χ0v) is 17.9. The Labute approximate surface area is 183 Å². The molecule has 0 aliphatic carbocycles. The molecule has 1 aromatic carbocycles. The van der Waals surface area contributed by atoms with Crippen LogP contribution in [0.15, 0.2) is 50.2 Å². The van der Waals surface area contributed by atoms with Gasteiger partial charge in [0.15, 0.2) is 0 Å². The first-order valence-electron chi connectivity index (χ1n) is 8.33. The number of benzene rings is 1. The summed E-state index contributed by atoms with van der Waals surface area (Å²) >= 11 is 9.49. The number of carboxylic acid groups (broad SMARTS) is 2. The Balaban J connectivity index is 1.81. The zero-order chi connectivity index (χ0) is 21.1. The second kappa shape index (κ2) is 8.93. The number of halogens is 1. The summed E-state index contributed by atoms with van der Waals surface area (Å²) in [5.74, 6) is -2.00. The van der Waals surface area contributed by atoms with Gasteiger partial charge in [0.05, 0.1) is 4.91 Å². The monoisotopic (exact) mass is 495 g/mol. The van der Waals surface area contributed by atoms with Crippen molar-refractivity contribution in [3.05, 3.63) is 51.5 Å². The molecule has 1 aliphatic heterocycles. The molecule has 1 fully saturated rings. The molecule has 10 heteroatoms. The number of hydrogen-bond donors (Lipinski definition) is 2. The van der Waals surface area contributed by atoms with Crippen molar-refractivity contribution in [3.8, 4) is 11.3 Å². The van der Waals surface area contributed by atoms with Crippen LogP contribution in [0.4, 0.5) is 0 Å². The minimum absolute atomic E-state index is 0.0683. The van der Waals surface area contributed by atoms with Gasteiger partial charge in [-0.2, -0.15) is 0 Å².